The predicted molar refractivity (Wildman–Crippen MR) is 28.9 cm³/mol. The first kappa shape index (κ1) is 4.60. The van der Waals surface area contributed by atoms with Crippen LogP contribution in [0.2, 0.25) is 0 Å². The fourth-order valence-corrected chi connectivity index (χ4v) is 0.568. The molecule has 0 saturated heterocycles. The highest BCUT2D eigenvalue weighted by atomic mass is 16.3. The van der Waals surface area contributed by atoms with Crippen LogP contribution in [0.15, 0.2) is 24.3 Å². The SMILES string of the molecule is O[C@H]1C=CC=CC1. The molecule has 1 aliphatic rings. The average Bonchev–Trinajstić information content (AvgIpc) is 1.69. The molecule has 1 aliphatic carbocycles. The van der Waals surface area contributed by atoms with E-state index in [-0.39, 0.29) is 6.10 Å². The molecule has 1 N–H and O–H groups in total. The van der Waals surface area contributed by atoms with Crippen molar-refractivity contribution in [1.29, 1.82) is 0 Å². The van der Waals surface area contributed by atoms with Crippen molar-refractivity contribution in [1.82, 2.24) is 0 Å². The minimum absolute atomic E-state index is 0.231. The van der Waals surface area contributed by atoms with Crippen molar-refractivity contribution < 1.29 is 5.11 Å². The molecule has 1 rings (SSSR count). The van der Waals surface area contributed by atoms with Crippen LogP contribution in [0.3, 0.4) is 0 Å². The summed E-state index contributed by atoms with van der Waals surface area (Å²) in [5.41, 5.74) is 0. The molecule has 0 aromatic heterocycles. The van der Waals surface area contributed by atoms with Crippen molar-refractivity contribution in [3.63, 3.8) is 0 Å². The zero-order valence-electron chi connectivity index (χ0n) is 4.04. The van der Waals surface area contributed by atoms with Crippen molar-refractivity contribution in [2.24, 2.45) is 0 Å². The van der Waals surface area contributed by atoms with Gasteiger partial charge < -0.3 is 5.11 Å². The molecular formula is C6H8O. The van der Waals surface area contributed by atoms with Crippen LogP contribution in [-0.2, 0) is 0 Å². The van der Waals surface area contributed by atoms with E-state index in [0.717, 1.165) is 6.42 Å². The van der Waals surface area contributed by atoms with Crippen LogP contribution >= 0.6 is 0 Å². The van der Waals surface area contributed by atoms with Gasteiger partial charge in [-0.25, -0.2) is 0 Å². The molecule has 0 fully saturated rings. The second-order valence-electron chi connectivity index (χ2n) is 1.62. The van der Waals surface area contributed by atoms with Gasteiger partial charge in [-0.2, -0.15) is 0 Å². The van der Waals surface area contributed by atoms with Gasteiger partial charge in [0, 0.05) is 0 Å². The van der Waals surface area contributed by atoms with Gasteiger partial charge in [-0.3, -0.25) is 0 Å². The Morgan fingerprint density at radius 1 is 1.43 bits per heavy atom. The van der Waals surface area contributed by atoms with E-state index in [2.05, 4.69) is 0 Å². The average molecular weight is 96.1 g/mol. The summed E-state index contributed by atoms with van der Waals surface area (Å²) in [6.45, 7) is 0. The Bertz CT molecular complexity index is 103. The van der Waals surface area contributed by atoms with Crippen molar-refractivity contribution >= 4 is 0 Å². The van der Waals surface area contributed by atoms with Gasteiger partial charge in [-0.15, -0.1) is 0 Å². The van der Waals surface area contributed by atoms with Gasteiger partial charge in [0.2, 0.25) is 0 Å². The molecule has 7 heavy (non-hydrogen) atoms. The molecule has 1 nitrogen and oxygen atoms in total. The second-order valence-corrected chi connectivity index (χ2v) is 1.62. The number of aliphatic hydroxyl groups is 1. The van der Waals surface area contributed by atoms with Crippen LogP contribution in [0, 0.1) is 0 Å². The van der Waals surface area contributed by atoms with E-state index < -0.39 is 0 Å². The van der Waals surface area contributed by atoms with E-state index in [1.807, 2.05) is 18.2 Å². The van der Waals surface area contributed by atoms with Crippen LogP contribution in [0.4, 0.5) is 0 Å². The standard InChI is InChI=1S/C6H8O/c7-6-4-2-1-3-5-6/h1-4,6-7H,5H2/t6-/m0/s1. The lowest BCUT2D eigenvalue weighted by atomic mass is 10.1. The quantitative estimate of drug-likeness (QED) is 0.474. The minimum Gasteiger partial charge on any atom is -0.389 e. The van der Waals surface area contributed by atoms with Crippen molar-refractivity contribution in [3.8, 4) is 0 Å². The summed E-state index contributed by atoms with van der Waals surface area (Å²) in [4.78, 5) is 0. The van der Waals surface area contributed by atoms with Gasteiger partial charge in [0.1, 0.15) is 0 Å². The second kappa shape index (κ2) is 1.94. The normalized spacial score (nSPS) is 28.4. The molecule has 0 heterocycles. The zero-order chi connectivity index (χ0) is 5.11. The van der Waals surface area contributed by atoms with Crippen LogP contribution in [0.25, 0.3) is 0 Å². The maximum Gasteiger partial charge on any atom is 0.0758 e. The van der Waals surface area contributed by atoms with E-state index in [9.17, 15) is 0 Å². The molecule has 0 unspecified atom stereocenters. The van der Waals surface area contributed by atoms with Crippen LogP contribution < -0.4 is 0 Å². The summed E-state index contributed by atoms with van der Waals surface area (Å²) < 4.78 is 0. The third-order valence-corrected chi connectivity index (χ3v) is 0.958. The van der Waals surface area contributed by atoms with Gasteiger partial charge in [0.05, 0.1) is 6.10 Å². The zero-order valence-corrected chi connectivity index (χ0v) is 4.04. The lowest BCUT2D eigenvalue weighted by molar-refractivity contribution is 0.225. The fraction of sp³-hybridized carbons (Fsp3) is 0.333. The van der Waals surface area contributed by atoms with Crippen LogP contribution in [0.1, 0.15) is 6.42 Å². The summed E-state index contributed by atoms with van der Waals surface area (Å²) >= 11 is 0. The summed E-state index contributed by atoms with van der Waals surface area (Å²) in [5.74, 6) is 0. The summed E-state index contributed by atoms with van der Waals surface area (Å²) in [6.07, 6.45) is 8.06. The Kier molecular flexibility index (Phi) is 1.27. The Morgan fingerprint density at radius 3 is 2.57 bits per heavy atom. The van der Waals surface area contributed by atoms with E-state index in [0.29, 0.717) is 0 Å². The van der Waals surface area contributed by atoms with Gasteiger partial charge in [-0.05, 0) is 6.42 Å². The minimum atomic E-state index is -0.231. The van der Waals surface area contributed by atoms with Crippen molar-refractivity contribution in [3.05, 3.63) is 24.3 Å². The van der Waals surface area contributed by atoms with Crippen molar-refractivity contribution in [2.75, 3.05) is 0 Å². The first-order valence-corrected chi connectivity index (χ1v) is 2.41. The topological polar surface area (TPSA) is 20.2 Å². The van der Waals surface area contributed by atoms with E-state index >= 15 is 0 Å². The van der Waals surface area contributed by atoms with Gasteiger partial charge in [-0.1, -0.05) is 24.3 Å². The molecule has 0 aliphatic heterocycles. The van der Waals surface area contributed by atoms with Gasteiger partial charge >= 0.3 is 0 Å². The Hall–Kier alpha value is -0.560. The Labute approximate surface area is 43.0 Å². The lowest BCUT2D eigenvalue weighted by Crippen LogP contribution is -2.00. The highest BCUT2D eigenvalue weighted by Gasteiger charge is 1.95. The molecule has 0 spiro atoms. The third kappa shape index (κ3) is 1.16. The fourth-order valence-electron chi connectivity index (χ4n) is 0.568. The summed E-state index contributed by atoms with van der Waals surface area (Å²) in [6, 6.07) is 0. The van der Waals surface area contributed by atoms with Crippen LogP contribution in [0.5, 0.6) is 0 Å². The van der Waals surface area contributed by atoms with E-state index in [4.69, 9.17) is 5.11 Å². The van der Waals surface area contributed by atoms with Gasteiger partial charge in [0.25, 0.3) is 0 Å². The molecule has 0 bridgehead atoms. The summed E-state index contributed by atoms with van der Waals surface area (Å²) in [5, 5.41) is 8.77. The Morgan fingerprint density at radius 2 is 2.29 bits per heavy atom. The van der Waals surface area contributed by atoms with Crippen LogP contribution in [-0.4, -0.2) is 11.2 Å². The number of hydrogen-bond acceptors (Lipinski definition) is 1. The third-order valence-electron chi connectivity index (χ3n) is 0.958. The molecule has 0 saturated carbocycles. The molecular weight excluding hydrogens is 88.1 g/mol. The molecule has 0 aromatic rings. The largest absolute Gasteiger partial charge is 0.389 e. The van der Waals surface area contributed by atoms with Crippen molar-refractivity contribution in [2.45, 2.75) is 12.5 Å². The smallest absolute Gasteiger partial charge is 0.0758 e. The molecule has 0 amide bonds. The van der Waals surface area contributed by atoms with E-state index in [1.54, 1.807) is 6.08 Å². The molecule has 38 valence electrons. The summed E-state index contributed by atoms with van der Waals surface area (Å²) in [7, 11) is 0. The highest BCUT2D eigenvalue weighted by molar-refractivity contribution is 5.11. The number of allylic oxidation sites excluding steroid dienone is 2. The maximum atomic E-state index is 8.77. The first-order chi connectivity index (χ1) is 3.39. The number of aliphatic hydroxyl groups excluding tert-OH is 1. The monoisotopic (exact) mass is 96.1 g/mol. The molecule has 0 aromatic carbocycles. The molecule has 1 atom stereocenters. The first-order valence-electron chi connectivity index (χ1n) is 2.41. The number of hydrogen-bond donors (Lipinski definition) is 1. The lowest BCUT2D eigenvalue weighted by Gasteiger charge is -2.01. The molecule has 1 heteroatoms. The Balaban J connectivity index is 2.49. The predicted octanol–water partition coefficient (Wildman–Crippen LogP) is 0.863. The maximum absolute atomic E-state index is 8.77. The van der Waals surface area contributed by atoms with Gasteiger partial charge in [0.15, 0.2) is 0 Å². The van der Waals surface area contributed by atoms with E-state index in [1.165, 1.54) is 0 Å². The molecule has 0 radical (unpaired) electrons. The number of rotatable bonds is 0. The highest BCUT2D eigenvalue weighted by Crippen LogP contribution is 2.00.